The first-order valence-corrected chi connectivity index (χ1v) is 6.35. The van der Waals surface area contributed by atoms with Gasteiger partial charge in [0.25, 0.3) is 0 Å². The van der Waals surface area contributed by atoms with Crippen molar-refractivity contribution in [2.75, 3.05) is 24.5 Å². The maximum Gasteiger partial charge on any atom is 0.250 e. The molecular weight excluding hydrogens is 214 g/mol. The lowest BCUT2D eigenvalue weighted by Gasteiger charge is -2.35. The number of aromatic nitrogens is 1. The number of aryl methyl sites for hydroxylation is 1. The Labute approximate surface area is 106 Å². The Hall–Kier alpha value is -1.29. The summed E-state index contributed by atoms with van der Waals surface area (Å²) in [5.41, 5.74) is 1.93. The average molecular weight is 241 g/mol. The first-order chi connectivity index (χ1) is 8.16. The van der Waals surface area contributed by atoms with Gasteiger partial charge in [-0.1, -0.05) is 13.8 Å². The Morgan fingerprint density at radius 2 is 2.12 bits per heavy atom. The van der Waals surface area contributed by atoms with Crippen molar-refractivity contribution >= 4 is 5.69 Å². The minimum Gasteiger partial charge on any atom is -0.366 e. The third kappa shape index (κ3) is 3.60. The number of hydrogen-bond acceptors (Lipinski definition) is 3. The van der Waals surface area contributed by atoms with Crippen molar-refractivity contribution in [3.05, 3.63) is 28.2 Å². The lowest BCUT2D eigenvalue weighted by atomic mass is 10.2. The van der Waals surface area contributed by atoms with Crippen molar-refractivity contribution in [3.63, 3.8) is 0 Å². The lowest BCUT2D eigenvalue weighted by molar-refractivity contribution is 0.500. The molecule has 1 saturated heterocycles. The second kappa shape index (κ2) is 6.45. The molecule has 2 N–H and O–H groups in total. The molecule has 1 aromatic rings. The van der Waals surface area contributed by atoms with E-state index in [1.165, 1.54) is 0 Å². The predicted molar refractivity (Wildman–Crippen MR) is 77.1 cm³/mol. The molecule has 1 fully saturated rings. The number of aromatic amines is 1. The van der Waals surface area contributed by atoms with Crippen LogP contribution in [-0.2, 0) is 0 Å². The van der Waals surface area contributed by atoms with Crippen molar-refractivity contribution in [1.29, 1.82) is 0 Å². The smallest absolute Gasteiger partial charge is 0.250 e. The molecule has 100 valence electrons. The number of pyridine rings is 1. The fourth-order valence-electron chi connectivity index (χ4n) is 2.05. The number of rotatable bonds is 1. The summed E-state index contributed by atoms with van der Waals surface area (Å²) in [7, 11) is 0. The minimum absolute atomic E-state index is 0. The van der Waals surface area contributed by atoms with E-state index in [0.717, 1.165) is 31.0 Å². The highest BCUT2D eigenvalue weighted by Gasteiger charge is 2.18. The zero-order valence-electron chi connectivity index (χ0n) is 11.2. The molecule has 1 atom stereocenters. The van der Waals surface area contributed by atoms with E-state index in [0.29, 0.717) is 6.04 Å². The van der Waals surface area contributed by atoms with Crippen LogP contribution < -0.4 is 15.8 Å². The Morgan fingerprint density at radius 1 is 1.41 bits per heavy atom. The highest BCUT2D eigenvalue weighted by molar-refractivity contribution is 5.47. The van der Waals surface area contributed by atoms with Crippen molar-refractivity contribution in [3.8, 4) is 0 Å². The van der Waals surface area contributed by atoms with E-state index in [-0.39, 0.29) is 8.41 Å². The van der Waals surface area contributed by atoms with E-state index in [4.69, 9.17) is 0 Å². The molecule has 0 radical (unpaired) electrons. The molecule has 0 aliphatic carbocycles. The van der Waals surface area contributed by atoms with E-state index in [9.17, 15) is 4.79 Å². The molecule has 0 bridgehead atoms. The topological polar surface area (TPSA) is 48.1 Å². The molecule has 4 heteroatoms. The van der Waals surface area contributed by atoms with Crippen molar-refractivity contribution in [2.45, 2.75) is 33.7 Å². The van der Waals surface area contributed by atoms with Crippen LogP contribution in [0.4, 0.5) is 5.69 Å². The predicted octanol–water partition coefficient (Wildman–Crippen LogP) is 2.00. The maximum atomic E-state index is 11.4. The SMILES string of the molecule is CC.Cc1cc(N2CCNC[C@H]2C)cc(=O)[nH]1.[HH].[HH]. The van der Waals surface area contributed by atoms with E-state index >= 15 is 0 Å². The molecule has 1 aliphatic rings. The summed E-state index contributed by atoms with van der Waals surface area (Å²) in [6.45, 7) is 11.0. The van der Waals surface area contributed by atoms with E-state index < -0.39 is 0 Å². The zero-order chi connectivity index (χ0) is 12.8. The first kappa shape index (κ1) is 13.8. The highest BCUT2D eigenvalue weighted by Crippen LogP contribution is 2.16. The van der Waals surface area contributed by atoms with Crippen LogP contribution in [0.1, 0.15) is 29.3 Å². The van der Waals surface area contributed by atoms with Crippen LogP contribution >= 0.6 is 0 Å². The molecule has 2 rings (SSSR count). The van der Waals surface area contributed by atoms with Gasteiger partial charge in [0.1, 0.15) is 0 Å². The normalized spacial score (nSPS) is 19.5. The molecule has 0 spiro atoms. The summed E-state index contributed by atoms with van der Waals surface area (Å²) >= 11 is 0. The molecule has 0 aromatic carbocycles. The third-order valence-corrected chi connectivity index (χ3v) is 2.80. The van der Waals surface area contributed by atoms with Gasteiger partial charge in [-0.15, -0.1) is 0 Å². The van der Waals surface area contributed by atoms with Gasteiger partial charge in [-0.3, -0.25) is 4.79 Å². The van der Waals surface area contributed by atoms with Crippen molar-refractivity contribution < 1.29 is 2.85 Å². The Bertz CT molecular complexity index is 409. The van der Waals surface area contributed by atoms with Gasteiger partial charge >= 0.3 is 0 Å². The zero-order valence-corrected chi connectivity index (χ0v) is 11.2. The first-order valence-electron chi connectivity index (χ1n) is 6.35. The van der Waals surface area contributed by atoms with Gasteiger partial charge in [-0.05, 0) is 19.9 Å². The molecule has 0 saturated carbocycles. The van der Waals surface area contributed by atoms with Gasteiger partial charge in [0.05, 0.1) is 0 Å². The van der Waals surface area contributed by atoms with Crippen molar-refractivity contribution in [2.24, 2.45) is 0 Å². The summed E-state index contributed by atoms with van der Waals surface area (Å²) in [4.78, 5) is 16.4. The van der Waals surface area contributed by atoms with Crippen LogP contribution in [0.5, 0.6) is 0 Å². The lowest BCUT2D eigenvalue weighted by Crippen LogP contribution is -2.50. The Kier molecular flexibility index (Phi) is 5.22. The second-order valence-corrected chi connectivity index (χ2v) is 4.13. The van der Waals surface area contributed by atoms with Crippen molar-refractivity contribution in [1.82, 2.24) is 10.3 Å². The molecule has 17 heavy (non-hydrogen) atoms. The van der Waals surface area contributed by atoms with Gasteiger partial charge in [0.15, 0.2) is 0 Å². The largest absolute Gasteiger partial charge is 0.366 e. The fraction of sp³-hybridized carbons (Fsp3) is 0.615. The number of nitrogens with one attached hydrogen (secondary N) is 2. The highest BCUT2D eigenvalue weighted by atomic mass is 16.1. The number of anilines is 1. The van der Waals surface area contributed by atoms with Gasteiger partial charge in [-0.2, -0.15) is 0 Å². The molecule has 1 aliphatic heterocycles. The van der Waals surface area contributed by atoms with Crippen LogP contribution in [0.15, 0.2) is 16.9 Å². The number of piperazine rings is 1. The summed E-state index contributed by atoms with van der Waals surface area (Å²) in [6, 6.07) is 4.15. The number of hydrogen-bond donors (Lipinski definition) is 2. The average Bonchev–Trinajstić information content (AvgIpc) is 2.31. The van der Waals surface area contributed by atoms with E-state index in [1.807, 2.05) is 26.8 Å². The van der Waals surface area contributed by atoms with Crippen LogP contribution in [0.25, 0.3) is 0 Å². The minimum atomic E-state index is -0.0178. The summed E-state index contributed by atoms with van der Waals surface area (Å²) < 4.78 is 0. The maximum absolute atomic E-state index is 11.4. The summed E-state index contributed by atoms with van der Waals surface area (Å²) in [5, 5.41) is 3.34. The van der Waals surface area contributed by atoms with E-state index in [1.54, 1.807) is 6.07 Å². The molecule has 4 nitrogen and oxygen atoms in total. The fourth-order valence-corrected chi connectivity index (χ4v) is 2.05. The monoisotopic (exact) mass is 241 g/mol. The molecule has 0 amide bonds. The van der Waals surface area contributed by atoms with Crippen LogP contribution in [0.2, 0.25) is 0 Å². The van der Waals surface area contributed by atoms with Gasteiger partial charge in [0, 0.05) is 46.0 Å². The number of H-pyrrole nitrogens is 1. The molecule has 1 aromatic heterocycles. The van der Waals surface area contributed by atoms with Crippen LogP contribution in [0.3, 0.4) is 0 Å². The van der Waals surface area contributed by atoms with Gasteiger partial charge in [0.2, 0.25) is 5.56 Å². The summed E-state index contributed by atoms with van der Waals surface area (Å²) in [5.74, 6) is 0. The number of nitrogens with zero attached hydrogens (tertiary/aromatic N) is 1. The van der Waals surface area contributed by atoms with E-state index in [2.05, 4.69) is 22.1 Å². The second-order valence-electron chi connectivity index (χ2n) is 4.13. The van der Waals surface area contributed by atoms with Crippen LogP contribution in [0, 0.1) is 6.92 Å². The molecule has 0 unspecified atom stereocenters. The van der Waals surface area contributed by atoms with Gasteiger partial charge < -0.3 is 15.2 Å². The van der Waals surface area contributed by atoms with Gasteiger partial charge in [-0.25, -0.2) is 0 Å². The molecular formula is C13H27N3O. The Balaban J connectivity index is 0. The Morgan fingerprint density at radius 3 is 2.71 bits per heavy atom. The van der Waals surface area contributed by atoms with Crippen LogP contribution in [-0.4, -0.2) is 30.7 Å². The third-order valence-electron chi connectivity index (χ3n) is 2.80. The molecule has 2 heterocycles. The standard InChI is InChI=1S/C11H17N3O.C2H6.2H2/c1-8-5-10(6-11(15)13-8)14-4-3-12-7-9(14)2;1-2;;/h5-6,9,12H,3-4,7H2,1-2H3,(H,13,15);1-2H3;2*1H/t9-;;;/m1.../s1. The quantitative estimate of drug-likeness (QED) is 0.790. The summed E-state index contributed by atoms with van der Waals surface area (Å²) in [6.07, 6.45) is 0.